The van der Waals surface area contributed by atoms with Gasteiger partial charge in [0.15, 0.2) is 0 Å². The number of alkyl halides is 1. The number of anilines is 1. The summed E-state index contributed by atoms with van der Waals surface area (Å²) in [4.78, 5) is 9.67. The van der Waals surface area contributed by atoms with Crippen LogP contribution in [0.15, 0.2) is 36.5 Å². The number of piperazine rings is 1. The highest BCUT2D eigenvalue weighted by molar-refractivity contribution is 14.1. The minimum absolute atomic E-state index is 1.09. The van der Waals surface area contributed by atoms with Crippen LogP contribution < -0.4 is 4.90 Å². The number of unbranched alkanes of at least 4 members (excludes halogenated alkanes) is 1. The number of halogens is 1. The Hall–Kier alpha value is -0.880. The molecule has 0 atom stereocenters. The van der Waals surface area contributed by atoms with Gasteiger partial charge >= 0.3 is 0 Å². The van der Waals surface area contributed by atoms with E-state index in [1.165, 1.54) is 34.6 Å². The number of nitrogens with zero attached hydrogens (tertiary/aromatic N) is 3. The third kappa shape index (κ3) is 3.66. The van der Waals surface area contributed by atoms with Gasteiger partial charge in [-0.2, -0.15) is 0 Å². The minimum atomic E-state index is 1.09. The summed E-state index contributed by atoms with van der Waals surface area (Å²) in [6, 6.07) is 10.6. The van der Waals surface area contributed by atoms with Crippen molar-refractivity contribution in [2.75, 3.05) is 42.1 Å². The first-order valence-electron chi connectivity index (χ1n) is 7.75. The summed E-state index contributed by atoms with van der Waals surface area (Å²) in [7, 11) is 0. The van der Waals surface area contributed by atoms with E-state index in [0.29, 0.717) is 0 Å². The molecule has 21 heavy (non-hydrogen) atoms. The molecule has 0 bridgehead atoms. The van der Waals surface area contributed by atoms with Gasteiger partial charge < -0.3 is 4.90 Å². The molecule has 1 aromatic heterocycles. The minimum Gasteiger partial charge on any atom is -0.354 e. The fraction of sp³-hybridized carbons (Fsp3) is 0.471. The molecule has 1 aliphatic heterocycles. The Labute approximate surface area is 140 Å². The van der Waals surface area contributed by atoms with Gasteiger partial charge in [-0.15, -0.1) is 0 Å². The maximum absolute atomic E-state index is 4.64. The van der Waals surface area contributed by atoms with Crippen LogP contribution in [0.1, 0.15) is 12.8 Å². The van der Waals surface area contributed by atoms with E-state index >= 15 is 0 Å². The molecule has 1 saturated heterocycles. The van der Waals surface area contributed by atoms with Crippen molar-refractivity contribution in [3.63, 3.8) is 0 Å². The number of hydrogen-bond acceptors (Lipinski definition) is 3. The van der Waals surface area contributed by atoms with E-state index in [2.05, 4.69) is 67.7 Å². The molecular weight excluding hydrogens is 373 g/mol. The lowest BCUT2D eigenvalue weighted by Gasteiger charge is -2.35. The molecule has 0 amide bonds. The van der Waals surface area contributed by atoms with Crippen LogP contribution in [0.5, 0.6) is 0 Å². The Morgan fingerprint density at radius 2 is 1.81 bits per heavy atom. The zero-order valence-corrected chi connectivity index (χ0v) is 14.5. The molecule has 1 aromatic carbocycles. The van der Waals surface area contributed by atoms with Gasteiger partial charge in [0, 0.05) is 37.8 Å². The van der Waals surface area contributed by atoms with E-state index in [-0.39, 0.29) is 0 Å². The van der Waals surface area contributed by atoms with Crippen molar-refractivity contribution in [1.82, 2.24) is 9.88 Å². The largest absolute Gasteiger partial charge is 0.354 e. The van der Waals surface area contributed by atoms with Crippen LogP contribution >= 0.6 is 22.6 Å². The summed E-state index contributed by atoms with van der Waals surface area (Å²) in [6.07, 6.45) is 4.60. The molecule has 3 rings (SSSR count). The first-order valence-corrected chi connectivity index (χ1v) is 9.28. The molecule has 4 heteroatoms. The number of hydrogen-bond donors (Lipinski definition) is 0. The zero-order valence-electron chi connectivity index (χ0n) is 12.3. The van der Waals surface area contributed by atoms with Gasteiger partial charge in [-0.25, -0.2) is 4.98 Å². The summed E-state index contributed by atoms with van der Waals surface area (Å²) < 4.78 is 1.28. The van der Waals surface area contributed by atoms with Gasteiger partial charge in [0.1, 0.15) is 5.82 Å². The van der Waals surface area contributed by atoms with E-state index < -0.39 is 0 Å². The van der Waals surface area contributed by atoms with Crippen LogP contribution in [0, 0.1) is 0 Å². The lowest BCUT2D eigenvalue weighted by atomic mass is 10.1. The second-order valence-electron chi connectivity index (χ2n) is 5.58. The van der Waals surface area contributed by atoms with E-state index in [9.17, 15) is 0 Å². The van der Waals surface area contributed by atoms with Crippen LogP contribution in [0.2, 0.25) is 0 Å². The Bertz CT molecular complexity index is 574. The van der Waals surface area contributed by atoms with Crippen LogP contribution in [0.3, 0.4) is 0 Å². The Morgan fingerprint density at radius 1 is 1.00 bits per heavy atom. The molecule has 1 aliphatic rings. The van der Waals surface area contributed by atoms with Gasteiger partial charge in [0.25, 0.3) is 0 Å². The molecule has 1 fully saturated rings. The maximum Gasteiger partial charge on any atom is 0.136 e. The SMILES string of the molecule is ICCCCN1CCN(c2nccc3ccccc23)CC1. The highest BCUT2D eigenvalue weighted by Gasteiger charge is 2.18. The van der Waals surface area contributed by atoms with Crippen LogP contribution in [0.25, 0.3) is 10.8 Å². The van der Waals surface area contributed by atoms with Crippen molar-refractivity contribution in [3.8, 4) is 0 Å². The van der Waals surface area contributed by atoms with E-state index in [4.69, 9.17) is 0 Å². The topological polar surface area (TPSA) is 19.4 Å². The smallest absolute Gasteiger partial charge is 0.136 e. The number of pyridine rings is 1. The summed E-state index contributed by atoms with van der Waals surface area (Å²) in [5.74, 6) is 1.15. The molecule has 0 spiro atoms. The quantitative estimate of drug-likeness (QED) is 0.439. The standard InChI is InChI=1S/C17H22IN3/c18-8-3-4-10-20-11-13-21(14-12-20)17-16-6-2-1-5-15(16)7-9-19-17/h1-2,5-7,9H,3-4,8,10-14H2. The predicted octanol–water partition coefficient (Wildman–Crippen LogP) is 3.57. The predicted molar refractivity (Wildman–Crippen MR) is 98.5 cm³/mol. The van der Waals surface area contributed by atoms with E-state index in [0.717, 1.165) is 32.0 Å². The summed E-state index contributed by atoms with van der Waals surface area (Å²) >= 11 is 2.47. The molecular formula is C17H22IN3. The number of aromatic nitrogens is 1. The van der Waals surface area contributed by atoms with Gasteiger partial charge in [0.2, 0.25) is 0 Å². The summed E-state index contributed by atoms with van der Waals surface area (Å²) in [5, 5.41) is 2.56. The Kier molecular flexibility index (Phi) is 5.30. The monoisotopic (exact) mass is 395 g/mol. The number of benzene rings is 1. The number of rotatable bonds is 5. The van der Waals surface area contributed by atoms with Crippen LogP contribution in [0.4, 0.5) is 5.82 Å². The normalized spacial score (nSPS) is 16.5. The average Bonchev–Trinajstić information content (AvgIpc) is 2.55. The van der Waals surface area contributed by atoms with E-state index in [1.807, 2.05) is 6.20 Å². The lowest BCUT2D eigenvalue weighted by molar-refractivity contribution is 0.254. The van der Waals surface area contributed by atoms with Crippen LogP contribution in [-0.2, 0) is 0 Å². The molecule has 0 aliphatic carbocycles. The van der Waals surface area contributed by atoms with Gasteiger partial charge in [-0.3, -0.25) is 4.90 Å². The molecule has 112 valence electrons. The van der Waals surface area contributed by atoms with Crippen LogP contribution in [-0.4, -0.2) is 47.0 Å². The second kappa shape index (κ2) is 7.40. The molecule has 0 unspecified atom stereocenters. The van der Waals surface area contributed by atoms with Gasteiger partial charge in [-0.05, 0) is 35.3 Å². The second-order valence-corrected chi connectivity index (χ2v) is 6.66. The van der Waals surface area contributed by atoms with Crippen molar-refractivity contribution in [2.45, 2.75) is 12.8 Å². The third-order valence-corrected chi connectivity index (χ3v) is 4.95. The first kappa shape index (κ1) is 15.0. The molecule has 0 radical (unpaired) electrons. The Morgan fingerprint density at radius 3 is 2.62 bits per heavy atom. The summed E-state index contributed by atoms with van der Waals surface area (Å²) in [6.45, 7) is 5.74. The highest BCUT2D eigenvalue weighted by atomic mass is 127. The lowest BCUT2D eigenvalue weighted by Crippen LogP contribution is -2.47. The third-order valence-electron chi connectivity index (χ3n) is 4.18. The Balaban J connectivity index is 1.66. The van der Waals surface area contributed by atoms with Crippen molar-refractivity contribution in [1.29, 1.82) is 0 Å². The molecule has 0 saturated carbocycles. The number of fused-ring (bicyclic) bond motifs is 1. The average molecular weight is 395 g/mol. The maximum atomic E-state index is 4.64. The van der Waals surface area contributed by atoms with Gasteiger partial charge in [0.05, 0.1) is 0 Å². The zero-order chi connectivity index (χ0) is 14.5. The highest BCUT2D eigenvalue weighted by Crippen LogP contribution is 2.24. The first-order chi connectivity index (χ1) is 10.4. The van der Waals surface area contributed by atoms with Crippen molar-refractivity contribution < 1.29 is 0 Å². The van der Waals surface area contributed by atoms with Crippen molar-refractivity contribution in [3.05, 3.63) is 36.5 Å². The fourth-order valence-electron chi connectivity index (χ4n) is 2.97. The van der Waals surface area contributed by atoms with E-state index in [1.54, 1.807) is 0 Å². The molecule has 0 N–H and O–H groups in total. The fourth-order valence-corrected chi connectivity index (χ4v) is 3.51. The molecule has 2 aromatic rings. The molecule has 3 nitrogen and oxygen atoms in total. The summed E-state index contributed by atoms with van der Waals surface area (Å²) in [5.41, 5.74) is 0. The van der Waals surface area contributed by atoms with Gasteiger partial charge in [-0.1, -0.05) is 46.9 Å². The van der Waals surface area contributed by atoms with Crippen molar-refractivity contribution in [2.24, 2.45) is 0 Å². The molecule has 2 heterocycles. The van der Waals surface area contributed by atoms with Crippen molar-refractivity contribution >= 4 is 39.2 Å².